The number of benzene rings is 1. The van der Waals surface area contributed by atoms with Crippen LogP contribution in [0.3, 0.4) is 0 Å². The maximum Gasteiger partial charge on any atom is 0.243 e. The first kappa shape index (κ1) is 22.1. The predicted molar refractivity (Wildman–Crippen MR) is 115 cm³/mol. The van der Waals surface area contributed by atoms with Gasteiger partial charge in [0.2, 0.25) is 10.0 Å². The summed E-state index contributed by atoms with van der Waals surface area (Å²) in [6.07, 6.45) is 1.50. The first-order valence-corrected chi connectivity index (χ1v) is 11.8. The fourth-order valence-electron chi connectivity index (χ4n) is 4.49. The van der Waals surface area contributed by atoms with Crippen LogP contribution in [0.25, 0.3) is 0 Å². The first-order valence-electron chi connectivity index (χ1n) is 10.4. The van der Waals surface area contributed by atoms with Crippen molar-refractivity contribution in [3.05, 3.63) is 29.8 Å². The average molecular weight is 423 g/mol. The Bertz CT molecular complexity index is 845. The van der Waals surface area contributed by atoms with Crippen LogP contribution in [0.4, 0.5) is 0 Å². The summed E-state index contributed by atoms with van der Waals surface area (Å²) in [5.74, 6) is 1.06. The molecule has 2 unspecified atom stereocenters. The van der Waals surface area contributed by atoms with E-state index in [0.717, 1.165) is 24.8 Å². The molecule has 3 N–H and O–H groups in total. The Labute approximate surface area is 174 Å². The molecule has 0 aromatic heterocycles. The Hall–Kier alpha value is -1.64. The van der Waals surface area contributed by atoms with E-state index in [1.807, 2.05) is 26.0 Å². The molecular weight excluding hydrogens is 388 g/mol. The maximum atomic E-state index is 12.9. The lowest BCUT2D eigenvalue weighted by Crippen LogP contribution is -2.50. The number of nitrogens with zero attached hydrogens (tertiary/aromatic N) is 3. The normalized spacial score (nSPS) is 26.9. The minimum absolute atomic E-state index is 0.268. The number of aryl methyl sites for hydroxylation is 1. The molecule has 0 aliphatic carbocycles. The van der Waals surface area contributed by atoms with Crippen LogP contribution in [0.15, 0.2) is 34.2 Å². The van der Waals surface area contributed by atoms with Crippen molar-refractivity contribution in [2.75, 3.05) is 19.6 Å². The lowest BCUT2D eigenvalue weighted by atomic mass is 9.89. The molecule has 0 spiro atoms. The summed E-state index contributed by atoms with van der Waals surface area (Å²) in [5, 5.41) is 10.8. The van der Waals surface area contributed by atoms with Crippen molar-refractivity contribution in [3.8, 4) is 0 Å². The van der Waals surface area contributed by atoms with Crippen LogP contribution in [-0.2, 0) is 10.0 Å². The Morgan fingerprint density at radius 2 is 1.83 bits per heavy atom. The molecule has 2 aliphatic heterocycles. The molecular formula is C21H34N4O3S. The van der Waals surface area contributed by atoms with Gasteiger partial charge in [-0.3, -0.25) is 0 Å². The standard InChI is InChI=1S/C21H34N4O3S/c1-15(2)13-21(4)19(26)25(20(22)23-21)14-17-9-11-24(12-10-17)29(27,28)18-7-5-16(3)6-8-18/h5-8,15,17,19,26H,9-14H2,1-4H3,(H2,22,23). The number of nitrogens with two attached hydrogens (primary N) is 1. The largest absolute Gasteiger partial charge is 0.371 e. The van der Waals surface area contributed by atoms with Gasteiger partial charge >= 0.3 is 0 Å². The summed E-state index contributed by atoms with van der Waals surface area (Å²) in [6.45, 7) is 9.66. The van der Waals surface area contributed by atoms with Crippen LogP contribution in [-0.4, -0.2) is 60.1 Å². The van der Waals surface area contributed by atoms with Gasteiger partial charge in [-0.05, 0) is 57.1 Å². The molecule has 8 heteroatoms. The van der Waals surface area contributed by atoms with Crippen molar-refractivity contribution in [3.63, 3.8) is 0 Å². The number of rotatable bonds is 6. The van der Waals surface area contributed by atoms with Crippen molar-refractivity contribution >= 4 is 16.0 Å². The Balaban J connectivity index is 1.60. The van der Waals surface area contributed by atoms with Gasteiger partial charge in [0.1, 0.15) is 5.54 Å². The van der Waals surface area contributed by atoms with Gasteiger partial charge in [-0.2, -0.15) is 4.31 Å². The summed E-state index contributed by atoms with van der Waals surface area (Å²) in [4.78, 5) is 6.69. The minimum Gasteiger partial charge on any atom is -0.371 e. The summed E-state index contributed by atoms with van der Waals surface area (Å²) >= 11 is 0. The van der Waals surface area contributed by atoms with Gasteiger partial charge in [0.25, 0.3) is 0 Å². The second-order valence-corrected chi connectivity index (χ2v) is 11.0. The Morgan fingerprint density at radius 3 is 2.38 bits per heavy atom. The molecule has 7 nitrogen and oxygen atoms in total. The van der Waals surface area contributed by atoms with Crippen molar-refractivity contribution in [1.29, 1.82) is 0 Å². The van der Waals surface area contributed by atoms with Crippen molar-refractivity contribution in [2.24, 2.45) is 22.6 Å². The molecule has 2 heterocycles. The van der Waals surface area contributed by atoms with E-state index in [1.165, 1.54) is 0 Å². The molecule has 0 radical (unpaired) electrons. The highest BCUT2D eigenvalue weighted by Crippen LogP contribution is 2.33. The summed E-state index contributed by atoms with van der Waals surface area (Å²) in [5.41, 5.74) is 6.58. The zero-order valence-electron chi connectivity index (χ0n) is 17.9. The zero-order chi connectivity index (χ0) is 21.4. The third kappa shape index (κ3) is 4.59. The van der Waals surface area contributed by atoms with Gasteiger partial charge < -0.3 is 15.7 Å². The van der Waals surface area contributed by atoms with E-state index in [-0.39, 0.29) is 5.92 Å². The molecule has 1 aromatic carbocycles. The summed E-state index contributed by atoms with van der Waals surface area (Å²) in [7, 11) is -3.46. The van der Waals surface area contributed by atoms with Crippen molar-refractivity contribution in [2.45, 2.75) is 63.6 Å². The maximum absolute atomic E-state index is 12.9. The molecule has 2 atom stereocenters. The van der Waals surface area contributed by atoms with Crippen LogP contribution in [0, 0.1) is 18.8 Å². The van der Waals surface area contributed by atoms with E-state index in [9.17, 15) is 13.5 Å². The quantitative estimate of drug-likeness (QED) is 0.732. The minimum atomic E-state index is -3.46. The van der Waals surface area contributed by atoms with Crippen molar-refractivity contribution < 1.29 is 13.5 Å². The lowest BCUT2D eigenvalue weighted by Gasteiger charge is -2.36. The molecule has 162 valence electrons. The number of hydrogen-bond acceptors (Lipinski definition) is 6. The van der Waals surface area contributed by atoms with Gasteiger partial charge in [-0.25, -0.2) is 13.4 Å². The third-order valence-corrected chi connectivity index (χ3v) is 7.94. The van der Waals surface area contributed by atoms with E-state index >= 15 is 0 Å². The number of piperidine rings is 1. The van der Waals surface area contributed by atoms with Gasteiger partial charge in [0, 0.05) is 19.6 Å². The number of aliphatic hydroxyl groups is 1. The SMILES string of the molecule is Cc1ccc(S(=O)(=O)N2CCC(CN3C(N)=NC(C)(CC(C)C)C3O)CC2)cc1. The second kappa shape index (κ2) is 8.24. The van der Waals surface area contributed by atoms with Crippen molar-refractivity contribution in [1.82, 2.24) is 9.21 Å². The van der Waals surface area contributed by atoms with Crippen LogP contribution >= 0.6 is 0 Å². The van der Waals surface area contributed by atoms with Crippen LogP contribution in [0.1, 0.15) is 45.6 Å². The monoisotopic (exact) mass is 422 g/mol. The lowest BCUT2D eigenvalue weighted by molar-refractivity contribution is -0.00523. The van der Waals surface area contributed by atoms with E-state index in [4.69, 9.17) is 5.73 Å². The molecule has 1 saturated heterocycles. The Morgan fingerprint density at radius 1 is 1.24 bits per heavy atom. The number of sulfonamides is 1. The van der Waals surface area contributed by atoms with Crippen LogP contribution in [0.5, 0.6) is 0 Å². The van der Waals surface area contributed by atoms with Gasteiger partial charge in [-0.1, -0.05) is 31.5 Å². The first-order chi connectivity index (χ1) is 13.5. The van der Waals surface area contributed by atoms with E-state index in [2.05, 4.69) is 18.8 Å². The number of hydrogen-bond donors (Lipinski definition) is 2. The van der Waals surface area contributed by atoms with E-state index in [0.29, 0.717) is 36.4 Å². The molecule has 1 fully saturated rings. The number of aliphatic imine (C=N–C) groups is 1. The van der Waals surface area contributed by atoms with Gasteiger partial charge in [-0.15, -0.1) is 0 Å². The molecule has 3 rings (SSSR count). The highest BCUT2D eigenvalue weighted by atomic mass is 32.2. The topological polar surface area (TPSA) is 99.2 Å². The van der Waals surface area contributed by atoms with Crippen LogP contribution in [0.2, 0.25) is 0 Å². The van der Waals surface area contributed by atoms with Gasteiger partial charge in [0.15, 0.2) is 12.2 Å². The number of aliphatic hydroxyl groups excluding tert-OH is 1. The fourth-order valence-corrected chi connectivity index (χ4v) is 5.95. The second-order valence-electron chi connectivity index (χ2n) is 9.11. The van der Waals surface area contributed by atoms with Gasteiger partial charge in [0.05, 0.1) is 4.90 Å². The third-order valence-electron chi connectivity index (χ3n) is 6.02. The van der Waals surface area contributed by atoms with E-state index < -0.39 is 21.8 Å². The molecule has 2 aliphatic rings. The molecule has 0 amide bonds. The summed E-state index contributed by atoms with van der Waals surface area (Å²) in [6, 6.07) is 6.99. The molecule has 0 saturated carbocycles. The summed E-state index contributed by atoms with van der Waals surface area (Å²) < 4.78 is 27.3. The molecule has 29 heavy (non-hydrogen) atoms. The average Bonchev–Trinajstić information content (AvgIpc) is 2.85. The highest BCUT2D eigenvalue weighted by Gasteiger charge is 2.44. The molecule has 1 aromatic rings. The fraction of sp³-hybridized carbons (Fsp3) is 0.667. The number of guanidine groups is 1. The van der Waals surface area contributed by atoms with E-state index in [1.54, 1.807) is 21.3 Å². The molecule has 0 bridgehead atoms. The predicted octanol–water partition coefficient (Wildman–Crippen LogP) is 2.15. The smallest absolute Gasteiger partial charge is 0.243 e. The zero-order valence-corrected chi connectivity index (χ0v) is 18.7. The highest BCUT2D eigenvalue weighted by molar-refractivity contribution is 7.89. The van der Waals surface area contributed by atoms with Crippen LogP contribution < -0.4 is 5.73 Å². The Kier molecular flexibility index (Phi) is 6.27.